The van der Waals surface area contributed by atoms with E-state index in [2.05, 4.69) is 40.7 Å². The molecule has 0 aromatic rings. The third-order valence-electron chi connectivity index (χ3n) is 3.84. The molecule has 76 valence electrons. The predicted molar refractivity (Wildman–Crippen MR) is 59.7 cm³/mol. The van der Waals surface area contributed by atoms with Crippen molar-refractivity contribution in [3.63, 3.8) is 0 Å². The van der Waals surface area contributed by atoms with Gasteiger partial charge in [0.2, 0.25) is 0 Å². The second kappa shape index (κ2) is 3.86. The van der Waals surface area contributed by atoms with Crippen LogP contribution in [-0.4, -0.2) is 0 Å². The van der Waals surface area contributed by atoms with Gasteiger partial charge in [-0.3, -0.25) is 0 Å². The Hall–Kier alpha value is -0.260. The smallest absolute Gasteiger partial charge is 0.0116 e. The molecule has 0 saturated carbocycles. The molecule has 0 aromatic carbocycles. The molecule has 0 fully saturated rings. The average Bonchev–Trinajstić information content (AvgIpc) is 2.25. The van der Waals surface area contributed by atoms with Gasteiger partial charge in [0, 0.05) is 0 Å². The monoisotopic (exact) mass is 180 g/mol. The van der Waals surface area contributed by atoms with Crippen LogP contribution in [0, 0.1) is 17.3 Å². The summed E-state index contributed by atoms with van der Waals surface area (Å²) in [6.45, 7) is 11.7. The number of allylic oxidation sites excluding steroid dienone is 2. The molecule has 0 heteroatoms. The van der Waals surface area contributed by atoms with Crippen LogP contribution in [0.3, 0.4) is 0 Å². The van der Waals surface area contributed by atoms with Crippen LogP contribution in [0.5, 0.6) is 0 Å². The molecule has 0 aromatic heterocycles. The van der Waals surface area contributed by atoms with Crippen molar-refractivity contribution in [3.8, 4) is 0 Å². The summed E-state index contributed by atoms with van der Waals surface area (Å²) in [6.07, 6.45) is 6.53. The summed E-state index contributed by atoms with van der Waals surface area (Å²) in [4.78, 5) is 0. The number of rotatable bonds is 3. The van der Waals surface area contributed by atoms with Crippen LogP contribution >= 0.6 is 0 Å². The normalized spacial score (nSPS) is 26.6. The molecule has 0 amide bonds. The van der Waals surface area contributed by atoms with Crippen molar-refractivity contribution in [2.45, 2.75) is 53.9 Å². The summed E-state index contributed by atoms with van der Waals surface area (Å²) in [7, 11) is 0. The molecule has 0 aliphatic heterocycles. The minimum Gasteiger partial charge on any atom is -0.0848 e. The molecule has 1 unspecified atom stereocenters. The highest BCUT2D eigenvalue weighted by molar-refractivity contribution is 5.17. The van der Waals surface area contributed by atoms with Gasteiger partial charge in [0.05, 0.1) is 0 Å². The summed E-state index contributed by atoms with van der Waals surface area (Å²) < 4.78 is 0. The summed E-state index contributed by atoms with van der Waals surface area (Å²) in [5.41, 5.74) is 2.07. The fourth-order valence-corrected chi connectivity index (χ4v) is 2.21. The Morgan fingerprint density at radius 3 is 2.46 bits per heavy atom. The second-order valence-corrected chi connectivity index (χ2v) is 5.51. The van der Waals surface area contributed by atoms with Gasteiger partial charge in [-0.1, -0.05) is 45.8 Å². The zero-order valence-electron chi connectivity index (χ0n) is 9.85. The van der Waals surface area contributed by atoms with Gasteiger partial charge < -0.3 is 0 Å². The molecule has 0 N–H and O–H groups in total. The zero-order chi connectivity index (χ0) is 10.1. The van der Waals surface area contributed by atoms with Crippen LogP contribution in [0.2, 0.25) is 0 Å². The molecule has 1 aliphatic carbocycles. The Morgan fingerprint density at radius 1 is 1.46 bits per heavy atom. The number of hydrogen-bond acceptors (Lipinski definition) is 0. The zero-order valence-corrected chi connectivity index (χ0v) is 9.85. The Labute approximate surface area is 83.4 Å². The van der Waals surface area contributed by atoms with Crippen LogP contribution in [-0.2, 0) is 0 Å². The van der Waals surface area contributed by atoms with Gasteiger partial charge in [-0.05, 0) is 37.0 Å². The van der Waals surface area contributed by atoms with E-state index in [0.717, 1.165) is 11.8 Å². The highest BCUT2D eigenvalue weighted by Crippen LogP contribution is 2.45. The highest BCUT2D eigenvalue weighted by Gasteiger charge is 2.34. The quantitative estimate of drug-likeness (QED) is 0.564. The van der Waals surface area contributed by atoms with Gasteiger partial charge in [-0.2, -0.15) is 0 Å². The first-order chi connectivity index (χ1) is 5.94. The highest BCUT2D eigenvalue weighted by atomic mass is 14.4. The van der Waals surface area contributed by atoms with Gasteiger partial charge in [-0.25, -0.2) is 0 Å². The lowest BCUT2D eigenvalue weighted by Gasteiger charge is -2.30. The fraction of sp³-hybridized carbons (Fsp3) is 0.846. The molecular formula is C13H24. The van der Waals surface area contributed by atoms with E-state index in [-0.39, 0.29) is 0 Å². The maximum absolute atomic E-state index is 2.44. The number of hydrogen-bond donors (Lipinski definition) is 0. The molecule has 0 heterocycles. The third-order valence-corrected chi connectivity index (χ3v) is 3.84. The molecule has 0 nitrogen and oxygen atoms in total. The van der Waals surface area contributed by atoms with E-state index in [1.807, 2.05) is 0 Å². The van der Waals surface area contributed by atoms with Crippen molar-refractivity contribution < 1.29 is 0 Å². The van der Waals surface area contributed by atoms with E-state index < -0.39 is 0 Å². The minimum atomic E-state index is 0.467. The summed E-state index contributed by atoms with van der Waals surface area (Å²) >= 11 is 0. The Bertz CT molecular complexity index is 196. The third kappa shape index (κ3) is 2.36. The molecule has 1 rings (SSSR count). The van der Waals surface area contributed by atoms with Gasteiger partial charge in [0.25, 0.3) is 0 Å². The van der Waals surface area contributed by atoms with Gasteiger partial charge in [0.1, 0.15) is 0 Å². The molecular weight excluding hydrogens is 156 g/mol. The summed E-state index contributed by atoms with van der Waals surface area (Å²) in [5.74, 6) is 1.76. The van der Waals surface area contributed by atoms with Crippen LogP contribution in [0.25, 0.3) is 0 Å². The molecule has 0 radical (unpaired) electrons. The van der Waals surface area contributed by atoms with E-state index in [9.17, 15) is 0 Å². The molecule has 0 bridgehead atoms. The van der Waals surface area contributed by atoms with Crippen molar-refractivity contribution in [1.29, 1.82) is 0 Å². The maximum Gasteiger partial charge on any atom is -0.0116 e. The van der Waals surface area contributed by atoms with Crippen LogP contribution in [0.1, 0.15) is 53.9 Å². The lowest BCUT2D eigenvalue weighted by atomic mass is 9.75. The van der Waals surface area contributed by atoms with Crippen LogP contribution < -0.4 is 0 Å². The van der Waals surface area contributed by atoms with Crippen molar-refractivity contribution in [3.05, 3.63) is 11.6 Å². The van der Waals surface area contributed by atoms with Gasteiger partial charge >= 0.3 is 0 Å². The predicted octanol–water partition coefficient (Wildman–Crippen LogP) is 4.42. The first-order valence-corrected chi connectivity index (χ1v) is 5.62. The van der Waals surface area contributed by atoms with E-state index >= 15 is 0 Å². The summed E-state index contributed by atoms with van der Waals surface area (Å²) in [6, 6.07) is 0. The lowest BCUT2D eigenvalue weighted by Crippen LogP contribution is -2.20. The SMILES string of the molecule is CC1=CCC(CCC(C)C)C1(C)C. The minimum absolute atomic E-state index is 0.467. The topological polar surface area (TPSA) is 0 Å². The molecule has 0 saturated heterocycles. The van der Waals surface area contributed by atoms with Crippen molar-refractivity contribution in [2.75, 3.05) is 0 Å². The Kier molecular flexibility index (Phi) is 3.21. The second-order valence-electron chi connectivity index (χ2n) is 5.51. The van der Waals surface area contributed by atoms with Gasteiger partial charge in [0.15, 0.2) is 0 Å². The maximum atomic E-state index is 2.44. The van der Waals surface area contributed by atoms with Crippen molar-refractivity contribution in [1.82, 2.24) is 0 Å². The lowest BCUT2D eigenvalue weighted by molar-refractivity contribution is 0.259. The largest absolute Gasteiger partial charge is 0.0848 e. The fourth-order valence-electron chi connectivity index (χ4n) is 2.21. The standard InChI is InChI=1S/C13H24/c1-10(2)6-8-12-9-7-11(3)13(12,4)5/h7,10,12H,6,8-9H2,1-5H3. The molecule has 13 heavy (non-hydrogen) atoms. The molecule has 1 aliphatic rings. The Balaban J connectivity index is 2.47. The van der Waals surface area contributed by atoms with Gasteiger partial charge in [-0.15, -0.1) is 0 Å². The molecule has 0 spiro atoms. The molecule has 1 atom stereocenters. The van der Waals surface area contributed by atoms with Crippen molar-refractivity contribution in [2.24, 2.45) is 17.3 Å². The van der Waals surface area contributed by atoms with E-state index in [1.54, 1.807) is 5.57 Å². The van der Waals surface area contributed by atoms with E-state index in [1.165, 1.54) is 19.3 Å². The van der Waals surface area contributed by atoms with Crippen LogP contribution in [0.4, 0.5) is 0 Å². The van der Waals surface area contributed by atoms with E-state index in [0.29, 0.717) is 5.41 Å². The van der Waals surface area contributed by atoms with Crippen LogP contribution in [0.15, 0.2) is 11.6 Å². The Morgan fingerprint density at radius 2 is 2.08 bits per heavy atom. The van der Waals surface area contributed by atoms with E-state index in [4.69, 9.17) is 0 Å². The first kappa shape index (κ1) is 10.8. The van der Waals surface area contributed by atoms with Crippen molar-refractivity contribution >= 4 is 0 Å². The average molecular weight is 180 g/mol. The first-order valence-electron chi connectivity index (χ1n) is 5.62. The summed E-state index contributed by atoms with van der Waals surface area (Å²) in [5, 5.41) is 0.